The third-order valence-electron chi connectivity index (χ3n) is 9.34. The molecule has 0 unspecified atom stereocenters. The number of esters is 1. The molecular formula is C33H32ClFN8O3. The topological polar surface area (TPSA) is 119 Å². The number of benzene rings is 2. The molecule has 236 valence electrons. The molecule has 7 rings (SSSR count). The average molecular weight is 643 g/mol. The number of carbonyl (C=O) groups excluding carboxylic acids is 2. The molecule has 4 heterocycles. The molecule has 3 aliphatic heterocycles. The Morgan fingerprint density at radius 1 is 1.20 bits per heavy atom. The molecule has 2 amide bonds. The number of methoxy groups -OCH3 is 1. The number of nitriles is 1. The molecule has 3 aromatic rings. The lowest BCUT2D eigenvalue weighted by Gasteiger charge is -2.38. The van der Waals surface area contributed by atoms with Crippen molar-refractivity contribution in [3.63, 3.8) is 0 Å². The Kier molecular flexibility index (Phi) is 7.53. The van der Waals surface area contributed by atoms with E-state index < -0.39 is 17.8 Å². The van der Waals surface area contributed by atoms with Crippen molar-refractivity contribution in [1.82, 2.24) is 24.7 Å². The smallest absolute Gasteiger partial charge is 0.338 e. The Bertz CT molecular complexity index is 1830. The van der Waals surface area contributed by atoms with Gasteiger partial charge in [-0.25, -0.2) is 19.0 Å². The van der Waals surface area contributed by atoms with Gasteiger partial charge in [0.15, 0.2) is 11.7 Å². The molecule has 2 aromatic carbocycles. The van der Waals surface area contributed by atoms with Gasteiger partial charge in [-0.1, -0.05) is 29.8 Å². The number of anilines is 1. The minimum absolute atomic E-state index is 0.0423. The molecule has 1 aromatic heterocycles. The summed E-state index contributed by atoms with van der Waals surface area (Å²) in [6.07, 6.45) is 5.18. The van der Waals surface area contributed by atoms with E-state index in [4.69, 9.17) is 21.3 Å². The number of fused-ring (bicyclic) bond motifs is 1. The number of carbonyl (C=O) groups is 2. The number of hydrogen-bond acceptors (Lipinski definition) is 8. The van der Waals surface area contributed by atoms with Gasteiger partial charge in [0.05, 0.1) is 30.2 Å². The second-order valence-corrected chi connectivity index (χ2v) is 12.5. The number of hydrogen-bond donors (Lipinski definition) is 1. The lowest BCUT2D eigenvalue weighted by molar-refractivity contribution is -0.136. The number of amides is 2. The Morgan fingerprint density at radius 3 is 2.63 bits per heavy atom. The molecule has 4 aliphatic rings. The number of amidine groups is 1. The number of halogens is 2. The number of imidazole rings is 1. The summed E-state index contributed by atoms with van der Waals surface area (Å²) in [5.74, 6) is -0.0823. The largest absolute Gasteiger partial charge is 0.466 e. The van der Waals surface area contributed by atoms with Crippen LogP contribution in [0.4, 0.5) is 14.9 Å². The lowest BCUT2D eigenvalue weighted by atomic mass is 9.95. The highest BCUT2D eigenvalue weighted by Gasteiger charge is 2.46. The highest BCUT2D eigenvalue weighted by Crippen LogP contribution is 2.48. The summed E-state index contributed by atoms with van der Waals surface area (Å²) < 4.78 is 21.1. The summed E-state index contributed by atoms with van der Waals surface area (Å²) in [5.41, 5.74) is 2.73. The minimum atomic E-state index is -0.868. The number of rotatable bonds is 7. The normalized spacial score (nSPS) is 22.2. The van der Waals surface area contributed by atoms with Gasteiger partial charge >= 0.3 is 12.0 Å². The number of aryl methyl sites for hydroxylation is 1. The molecule has 1 N–H and O–H groups in total. The van der Waals surface area contributed by atoms with Crippen LogP contribution in [-0.2, 0) is 22.0 Å². The predicted molar refractivity (Wildman–Crippen MR) is 169 cm³/mol. The maximum atomic E-state index is 14.0. The molecule has 46 heavy (non-hydrogen) atoms. The highest BCUT2D eigenvalue weighted by atomic mass is 35.5. The number of nitrogens with one attached hydrogen (secondary N) is 1. The number of nitrogens with zero attached hydrogens (tertiary/aromatic N) is 7. The number of aromatic nitrogens is 2. The van der Waals surface area contributed by atoms with Crippen molar-refractivity contribution in [3.8, 4) is 6.07 Å². The van der Waals surface area contributed by atoms with Crippen LogP contribution in [0.1, 0.15) is 35.8 Å². The summed E-state index contributed by atoms with van der Waals surface area (Å²) in [5, 5.41) is 13.0. The van der Waals surface area contributed by atoms with Crippen LogP contribution in [-0.4, -0.2) is 83.1 Å². The first-order valence-corrected chi connectivity index (χ1v) is 15.5. The zero-order valence-electron chi connectivity index (χ0n) is 25.4. The quantitative estimate of drug-likeness (QED) is 0.388. The predicted octanol–water partition coefficient (Wildman–Crippen LogP) is 3.91. The van der Waals surface area contributed by atoms with Crippen LogP contribution in [0, 0.1) is 17.1 Å². The average Bonchev–Trinajstić information content (AvgIpc) is 3.64. The van der Waals surface area contributed by atoms with E-state index in [1.54, 1.807) is 17.3 Å². The Hall–Kier alpha value is -4.73. The van der Waals surface area contributed by atoms with Crippen LogP contribution in [0.3, 0.4) is 0 Å². The standard InChI is InChI=1S/C33H32ClFN8O3/c1-40-12-11-37-30(40)29-38-26(27(31(44)46-2)28(39-29)24-8-5-21(35)15-25(24)34)18-41-13-14-42-23(16-41)17-43(32(42)45)22-6-3-20(4-7-22)33(19-36)9-10-33/h3-8,11-12,15,23,28H,9-10,13-14,16-18H2,1-2H3,(H,38,39)/t23-,28-/m0/s1. The van der Waals surface area contributed by atoms with Crippen LogP contribution >= 0.6 is 11.6 Å². The van der Waals surface area contributed by atoms with Crippen LogP contribution in [0.15, 0.2) is 71.1 Å². The molecule has 1 aliphatic carbocycles. The fourth-order valence-corrected chi connectivity index (χ4v) is 6.90. The van der Waals surface area contributed by atoms with E-state index in [1.807, 2.05) is 40.8 Å². The molecule has 11 nitrogen and oxygen atoms in total. The van der Waals surface area contributed by atoms with Crippen LogP contribution in [0.5, 0.6) is 0 Å². The lowest BCUT2D eigenvalue weighted by Crippen LogP contribution is -2.53. The molecule has 13 heteroatoms. The van der Waals surface area contributed by atoms with E-state index in [-0.39, 0.29) is 28.1 Å². The fourth-order valence-electron chi connectivity index (χ4n) is 6.63. The summed E-state index contributed by atoms with van der Waals surface area (Å²) in [6, 6.07) is 13.3. The van der Waals surface area contributed by atoms with E-state index in [0.717, 1.165) is 24.1 Å². The van der Waals surface area contributed by atoms with Gasteiger partial charge in [-0.05, 0) is 42.7 Å². The monoisotopic (exact) mass is 642 g/mol. The van der Waals surface area contributed by atoms with Gasteiger partial charge in [0.25, 0.3) is 0 Å². The zero-order chi connectivity index (χ0) is 32.2. The summed E-state index contributed by atoms with van der Waals surface area (Å²) in [4.78, 5) is 42.0. The van der Waals surface area contributed by atoms with Gasteiger partial charge in [-0.2, -0.15) is 5.26 Å². The molecule has 3 fully saturated rings. The number of aliphatic imine (C=N–C) groups is 1. The van der Waals surface area contributed by atoms with Crippen molar-refractivity contribution in [3.05, 3.63) is 93.9 Å². The second-order valence-electron chi connectivity index (χ2n) is 12.1. The first kappa shape index (κ1) is 30.0. The molecule has 0 bridgehead atoms. The zero-order valence-corrected chi connectivity index (χ0v) is 26.2. The Morgan fingerprint density at radius 2 is 1.98 bits per heavy atom. The maximum Gasteiger partial charge on any atom is 0.338 e. The van der Waals surface area contributed by atoms with E-state index >= 15 is 0 Å². The number of urea groups is 1. The van der Waals surface area contributed by atoms with E-state index in [1.165, 1.54) is 25.3 Å². The van der Waals surface area contributed by atoms with Gasteiger partial charge < -0.3 is 19.5 Å². The highest BCUT2D eigenvalue weighted by molar-refractivity contribution is 6.31. The molecule has 2 saturated heterocycles. The van der Waals surface area contributed by atoms with Crippen molar-refractivity contribution in [2.24, 2.45) is 12.0 Å². The number of piperazine rings is 1. The Balaban J connectivity index is 1.16. The van der Waals surface area contributed by atoms with Crippen molar-refractivity contribution in [2.75, 3.05) is 44.7 Å². The molecule has 0 spiro atoms. The summed E-state index contributed by atoms with van der Waals surface area (Å²) >= 11 is 6.51. The third-order valence-corrected chi connectivity index (χ3v) is 9.66. The SMILES string of the molecule is COC(=O)C1=C(CN2CCN3C(=O)N(c4ccc(C5(C#N)CC5)cc4)C[C@@H]3C2)NC(c2nccn2C)=N[C@H]1c1ccc(F)cc1Cl. The second kappa shape index (κ2) is 11.6. The van der Waals surface area contributed by atoms with E-state index in [9.17, 15) is 19.2 Å². The van der Waals surface area contributed by atoms with Crippen molar-refractivity contribution >= 4 is 35.1 Å². The van der Waals surface area contributed by atoms with E-state index in [2.05, 4.69) is 21.3 Å². The maximum absolute atomic E-state index is 14.0. The van der Waals surface area contributed by atoms with Crippen molar-refractivity contribution in [2.45, 2.75) is 30.3 Å². The van der Waals surface area contributed by atoms with Gasteiger partial charge in [-0.3, -0.25) is 14.8 Å². The van der Waals surface area contributed by atoms with Gasteiger partial charge in [0.1, 0.15) is 11.9 Å². The fraction of sp³-hybridized carbons (Fsp3) is 0.364. The van der Waals surface area contributed by atoms with E-state index in [0.29, 0.717) is 55.6 Å². The molecule has 2 atom stereocenters. The molecular weight excluding hydrogens is 611 g/mol. The summed E-state index contributed by atoms with van der Waals surface area (Å²) in [6.45, 7) is 2.53. The molecule has 1 saturated carbocycles. The first-order chi connectivity index (χ1) is 22.2. The Labute approximate surface area is 270 Å². The third kappa shape index (κ3) is 5.19. The van der Waals surface area contributed by atoms with Crippen LogP contribution in [0.2, 0.25) is 5.02 Å². The minimum Gasteiger partial charge on any atom is -0.466 e. The van der Waals surface area contributed by atoms with Crippen LogP contribution in [0.25, 0.3) is 0 Å². The van der Waals surface area contributed by atoms with Gasteiger partial charge in [-0.15, -0.1) is 0 Å². The summed E-state index contributed by atoms with van der Waals surface area (Å²) in [7, 11) is 3.15. The molecule has 0 radical (unpaired) electrons. The van der Waals surface area contributed by atoms with Gasteiger partial charge in [0.2, 0.25) is 0 Å². The van der Waals surface area contributed by atoms with Crippen molar-refractivity contribution < 1.29 is 18.7 Å². The first-order valence-electron chi connectivity index (χ1n) is 15.1. The van der Waals surface area contributed by atoms with Crippen LogP contribution < -0.4 is 10.2 Å². The van der Waals surface area contributed by atoms with Crippen molar-refractivity contribution in [1.29, 1.82) is 5.26 Å². The van der Waals surface area contributed by atoms with Gasteiger partial charge in [0, 0.05) is 74.1 Å². The number of ether oxygens (including phenoxy) is 1.